The summed E-state index contributed by atoms with van der Waals surface area (Å²) in [6.07, 6.45) is 0.700. The Hall–Kier alpha value is -1.32. The highest BCUT2D eigenvalue weighted by Gasteiger charge is 2.25. The number of hydrogen-bond acceptors (Lipinski definition) is 4. The number of carbonyl (C=O) groups excluding carboxylic acids is 4. The lowest BCUT2D eigenvalue weighted by Crippen LogP contribution is -2.26. The molecule has 90 valence electrons. The molecular formula is C12H18O4. The van der Waals surface area contributed by atoms with Crippen molar-refractivity contribution in [2.24, 2.45) is 5.92 Å². The molecule has 0 aromatic rings. The van der Waals surface area contributed by atoms with Crippen LogP contribution in [0.25, 0.3) is 0 Å². The van der Waals surface area contributed by atoms with E-state index in [9.17, 15) is 19.2 Å². The van der Waals surface area contributed by atoms with E-state index in [-0.39, 0.29) is 12.2 Å². The van der Waals surface area contributed by atoms with Crippen molar-refractivity contribution in [1.82, 2.24) is 0 Å². The lowest BCUT2D eigenvalue weighted by molar-refractivity contribution is -0.140. The molecule has 0 fully saturated rings. The number of hydrogen-bond donors (Lipinski definition) is 0. The molecule has 16 heavy (non-hydrogen) atoms. The van der Waals surface area contributed by atoms with Crippen molar-refractivity contribution in [2.75, 3.05) is 0 Å². The molecule has 0 aromatic carbocycles. The van der Waals surface area contributed by atoms with Crippen LogP contribution in [0.4, 0.5) is 0 Å². The quantitative estimate of drug-likeness (QED) is 0.464. The predicted molar refractivity (Wildman–Crippen MR) is 59.0 cm³/mol. The third kappa shape index (κ3) is 4.47. The summed E-state index contributed by atoms with van der Waals surface area (Å²) in [5, 5.41) is 0. The Labute approximate surface area is 95.4 Å². The van der Waals surface area contributed by atoms with Gasteiger partial charge in [-0.3, -0.25) is 19.2 Å². The van der Waals surface area contributed by atoms with Crippen molar-refractivity contribution in [3.05, 3.63) is 0 Å². The summed E-state index contributed by atoms with van der Waals surface area (Å²) >= 11 is 0. The highest BCUT2D eigenvalue weighted by atomic mass is 16.2. The number of ketones is 4. The maximum absolute atomic E-state index is 11.5. The van der Waals surface area contributed by atoms with Crippen molar-refractivity contribution in [2.45, 2.75) is 46.5 Å². The van der Waals surface area contributed by atoms with Crippen LogP contribution in [0.15, 0.2) is 0 Å². The van der Waals surface area contributed by atoms with Crippen molar-refractivity contribution < 1.29 is 19.2 Å². The Balaban J connectivity index is 4.38. The van der Waals surface area contributed by atoms with E-state index in [1.807, 2.05) is 0 Å². The Bertz CT molecular complexity index is 304. The Morgan fingerprint density at radius 3 is 1.94 bits per heavy atom. The van der Waals surface area contributed by atoms with E-state index in [1.165, 1.54) is 6.92 Å². The summed E-state index contributed by atoms with van der Waals surface area (Å²) < 4.78 is 0. The molecule has 0 amide bonds. The molecule has 4 nitrogen and oxygen atoms in total. The molecule has 1 unspecified atom stereocenters. The van der Waals surface area contributed by atoms with Gasteiger partial charge in [0.25, 0.3) is 0 Å². The smallest absolute Gasteiger partial charge is 0.205 e. The standard InChI is InChI=1S/C12H18O4/c1-4-6-10(14)12(16)7-11(15)9(5-2)8(3)13/h9H,4-7H2,1-3H3. The van der Waals surface area contributed by atoms with E-state index in [4.69, 9.17) is 0 Å². The minimum atomic E-state index is -0.738. The second-order valence-electron chi connectivity index (χ2n) is 3.81. The molecule has 0 spiro atoms. The maximum atomic E-state index is 11.5. The molecule has 4 heteroatoms. The summed E-state index contributed by atoms with van der Waals surface area (Å²) in [6, 6.07) is 0. The van der Waals surface area contributed by atoms with Gasteiger partial charge in [-0.1, -0.05) is 13.8 Å². The van der Waals surface area contributed by atoms with Crippen molar-refractivity contribution in [1.29, 1.82) is 0 Å². The van der Waals surface area contributed by atoms with Crippen LogP contribution in [0.2, 0.25) is 0 Å². The SMILES string of the molecule is CCCC(=O)C(=O)CC(=O)C(CC)C(C)=O. The zero-order valence-corrected chi connectivity index (χ0v) is 10.0. The summed E-state index contributed by atoms with van der Waals surface area (Å²) in [6.45, 7) is 4.82. The van der Waals surface area contributed by atoms with Crippen LogP contribution in [0.1, 0.15) is 46.5 Å². The lowest BCUT2D eigenvalue weighted by atomic mass is 9.92. The first kappa shape index (κ1) is 14.7. The molecule has 0 aromatic heterocycles. The normalized spacial score (nSPS) is 11.9. The Morgan fingerprint density at radius 1 is 1.00 bits per heavy atom. The van der Waals surface area contributed by atoms with Gasteiger partial charge < -0.3 is 0 Å². The van der Waals surface area contributed by atoms with Gasteiger partial charge in [-0.05, 0) is 19.8 Å². The molecule has 0 radical (unpaired) electrons. The Morgan fingerprint density at radius 2 is 1.56 bits per heavy atom. The largest absolute Gasteiger partial charge is 0.299 e. The lowest BCUT2D eigenvalue weighted by Gasteiger charge is -2.08. The maximum Gasteiger partial charge on any atom is 0.205 e. The van der Waals surface area contributed by atoms with Crippen molar-refractivity contribution >= 4 is 23.1 Å². The van der Waals surface area contributed by atoms with Crippen LogP contribution < -0.4 is 0 Å². The minimum absolute atomic E-state index is 0.170. The topological polar surface area (TPSA) is 68.3 Å². The van der Waals surface area contributed by atoms with Gasteiger partial charge in [0.05, 0.1) is 12.3 Å². The number of carbonyl (C=O) groups is 4. The van der Waals surface area contributed by atoms with Crippen molar-refractivity contribution in [3.8, 4) is 0 Å². The second kappa shape index (κ2) is 7.04. The highest BCUT2D eigenvalue weighted by molar-refractivity contribution is 6.40. The van der Waals surface area contributed by atoms with Gasteiger partial charge in [-0.2, -0.15) is 0 Å². The fourth-order valence-corrected chi connectivity index (χ4v) is 1.49. The Kier molecular flexibility index (Phi) is 6.46. The molecule has 0 aliphatic rings. The summed E-state index contributed by atoms with van der Waals surface area (Å²) in [7, 11) is 0. The van der Waals surface area contributed by atoms with Crippen LogP contribution in [-0.2, 0) is 19.2 Å². The molecule has 0 saturated heterocycles. The summed E-state index contributed by atoms with van der Waals surface area (Å²) in [5.41, 5.74) is 0. The minimum Gasteiger partial charge on any atom is -0.299 e. The molecule has 0 N–H and O–H groups in total. The number of Topliss-reactive ketones (excluding diaryl/α,β-unsaturated/α-hetero) is 4. The molecule has 0 saturated carbocycles. The number of rotatable bonds is 8. The average Bonchev–Trinajstić information content (AvgIpc) is 2.18. The molecule has 0 aliphatic heterocycles. The molecular weight excluding hydrogens is 208 g/mol. The van der Waals surface area contributed by atoms with Crippen LogP contribution in [0.5, 0.6) is 0 Å². The molecule has 1 atom stereocenters. The van der Waals surface area contributed by atoms with Crippen LogP contribution in [0, 0.1) is 5.92 Å². The third-order valence-corrected chi connectivity index (χ3v) is 2.41. The fraction of sp³-hybridized carbons (Fsp3) is 0.667. The van der Waals surface area contributed by atoms with Gasteiger partial charge in [0.1, 0.15) is 5.78 Å². The third-order valence-electron chi connectivity index (χ3n) is 2.41. The van der Waals surface area contributed by atoms with Crippen molar-refractivity contribution in [3.63, 3.8) is 0 Å². The summed E-state index contributed by atoms with van der Waals surface area (Å²) in [5.74, 6) is -2.62. The average molecular weight is 226 g/mol. The van der Waals surface area contributed by atoms with Gasteiger partial charge in [-0.15, -0.1) is 0 Å². The van der Waals surface area contributed by atoms with E-state index in [0.717, 1.165) is 0 Å². The highest BCUT2D eigenvalue weighted by Crippen LogP contribution is 2.09. The van der Waals surface area contributed by atoms with E-state index < -0.39 is 29.7 Å². The predicted octanol–water partition coefficient (Wildman–Crippen LogP) is 1.50. The first-order valence-electron chi connectivity index (χ1n) is 5.53. The summed E-state index contributed by atoms with van der Waals surface area (Å²) in [4.78, 5) is 45.1. The van der Waals surface area contributed by atoms with Crippen LogP contribution >= 0.6 is 0 Å². The van der Waals surface area contributed by atoms with E-state index in [2.05, 4.69) is 0 Å². The van der Waals surface area contributed by atoms with Gasteiger partial charge in [0.2, 0.25) is 5.78 Å². The molecule has 0 aliphatic carbocycles. The zero-order valence-electron chi connectivity index (χ0n) is 10.0. The molecule has 0 heterocycles. The second-order valence-corrected chi connectivity index (χ2v) is 3.81. The van der Waals surface area contributed by atoms with Gasteiger partial charge >= 0.3 is 0 Å². The first-order valence-corrected chi connectivity index (χ1v) is 5.53. The van der Waals surface area contributed by atoms with Gasteiger partial charge in [0, 0.05) is 6.42 Å². The van der Waals surface area contributed by atoms with Crippen LogP contribution in [0.3, 0.4) is 0 Å². The molecule has 0 bridgehead atoms. The fourth-order valence-electron chi connectivity index (χ4n) is 1.49. The van der Waals surface area contributed by atoms with E-state index in [1.54, 1.807) is 13.8 Å². The van der Waals surface area contributed by atoms with E-state index >= 15 is 0 Å². The van der Waals surface area contributed by atoms with Gasteiger partial charge in [-0.25, -0.2) is 0 Å². The molecule has 0 rings (SSSR count). The van der Waals surface area contributed by atoms with Crippen LogP contribution in [-0.4, -0.2) is 23.1 Å². The zero-order chi connectivity index (χ0) is 12.7. The first-order chi connectivity index (χ1) is 7.43. The monoisotopic (exact) mass is 226 g/mol. The van der Waals surface area contributed by atoms with Gasteiger partial charge in [0.15, 0.2) is 11.6 Å². The van der Waals surface area contributed by atoms with E-state index in [0.29, 0.717) is 12.8 Å².